The lowest BCUT2D eigenvalue weighted by atomic mass is 10.1. The van der Waals surface area contributed by atoms with E-state index < -0.39 is 11.8 Å². The van der Waals surface area contributed by atoms with Crippen LogP contribution in [-0.4, -0.2) is 49.5 Å². The first-order chi connectivity index (χ1) is 10.0. The average Bonchev–Trinajstić information content (AvgIpc) is 2.39. The monoisotopic (exact) mass is 294 g/mol. The van der Waals surface area contributed by atoms with Gasteiger partial charge >= 0.3 is 0 Å². The Morgan fingerprint density at radius 3 is 2.10 bits per heavy atom. The van der Waals surface area contributed by atoms with Crippen LogP contribution in [-0.2, 0) is 16.0 Å². The second-order valence-corrected chi connectivity index (χ2v) is 4.67. The van der Waals surface area contributed by atoms with Gasteiger partial charge in [0.25, 0.3) is 0 Å². The zero-order valence-electron chi connectivity index (χ0n) is 12.0. The summed E-state index contributed by atoms with van der Waals surface area (Å²) >= 11 is 0. The highest BCUT2D eigenvalue weighted by molar-refractivity contribution is 5.79. The fourth-order valence-electron chi connectivity index (χ4n) is 1.87. The van der Waals surface area contributed by atoms with Crippen molar-refractivity contribution >= 4 is 11.8 Å². The van der Waals surface area contributed by atoms with E-state index in [9.17, 15) is 9.59 Å². The van der Waals surface area contributed by atoms with Gasteiger partial charge in [0.2, 0.25) is 11.8 Å². The van der Waals surface area contributed by atoms with Crippen LogP contribution in [0.2, 0.25) is 0 Å². The van der Waals surface area contributed by atoms with Gasteiger partial charge in [-0.3, -0.25) is 14.5 Å². The number of carbonyl (C=O) groups is 2. The predicted molar refractivity (Wildman–Crippen MR) is 79.5 cm³/mol. The molecule has 7 nitrogen and oxygen atoms in total. The summed E-state index contributed by atoms with van der Waals surface area (Å²) in [4.78, 5) is 23.4. The van der Waals surface area contributed by atoms with Crippen molar-refractivity contribution in [3.8, 4) is 5.75 Å². The van der Waals surface area contributed by atoms with E-state index in [0.717, 1.165) is 12.0 Å². The summed E-state index contributed by atoms with van der Waals surface area (Å²) in [6, 6.07) is 7.62. The van der Waals surface area contributed by atoms with E-state index in [1.165, 1.54) is 0 Å². The first-order valence-corrected chi connectivity index (χ1v) is 6.72. The Morgan fingerprint density at radius 2 is 1.62 bits per heavy atom. The maximum Gasteiger partial charge on any atom is 0.231 e. The highest BCUT2D eigenvalue weighted by Crippen LogP contribution is 2.12. The fraction of sp³-hybridized carbons (Fsp3) is 0.429. The van der Waals surface area contributed by atoms with E-state index in [-0.39, 0.29) is 13.1 Å². The minimum atomic E-state index is -0.512. The molecule has 7 heteroatoms. The van der Waals surface area contributed by atoms with Crippen molar-refractivity contribution in [3.63, 3.8) is 0 Å². The number of primary amides is 2. The Balaban J connectivity index is 2.41. The number of amides is 2. The van der Waals surface area contributed by atoms with Gasteiger partial charge in [-0.25, -0.2) is 0 Å². The van der Waals surface area contributed by atoms with Gasteiger partial charge in [-0.05, 0) is 30.7 Å². The summed E-state index contributed by atoms with van der Waals surface area (Å²) in [5.41, 5.74) is 16.9. The van der Waals surface area contributed by atoms with Crippen molar-refractivity contribution < 1.29 is 14.3 Å². The fourth-order valence-corrected chi connectivity index (χ4v) is 1.87. The molecule has 0 bridgehead atoms. The van der Waals surface area contributed by atoms with E-state index in [0.29, 0.717) is 25.4 Å². The molecule has 0 saturated carbocycles. The minimum absolute atomic E-state index is 0.0261. The molecule has 0 unspecified atom stereocenters. The molecule has 0 heterocycles. The number of nitrogens with zero attached hydrogens (tertiary/aromatic N) is 1. The molecule has 0 atom stereocenters. The Labute approximate surface area is 124 Å². The van der Waals surface area contributed by atoms with E-state index in [1.807, 2.05) is 24.3 Å². The zero-order chi connectivity index (χ0) is 15.7. The molecule has 0 radical (unpaired) electrons. The van der Waals surface area contributed by atoms with Crippen LogP contribution in [0.1, 0.15) is 5.56 Å². The molecule has 21 heavy (non-hydrogen) atoms. The Morgan fingerprint density at radius 1 is 1.05 bits per heavy atom. The van der Waals surface area contributed by atoms with E-state index >= 15 is 0 Å². The first kappa shape index (κ1) is 16.9. The lowest BCUT2D eigenvalue weighted by molar-refractivity contribution is -0.122. The molecule has 0 aliphatic carbocycles. The maximum absolute atomic E-state index is 10.9. The van der Waals surface area contributed by atoms with Gasteiger partial charge in [0.05, 0.1) is 13.1 Å². The average molecular weight is 294 g/mol. The number of hydrogen-bond donors (Lipinski definition) is 3. The maximum atomic E-state index is 10.9. The third-order valence-corrected chi connectivity index (χ3v) is 2.79. The molecule has 1 aromatic rings. The van der Waals surface area contributed by atoms with E-state index in [2.05, 4.69) is 0 Å². The minimum Gasteiger partial charge on any atom is -0.492 e. The van der Waals surface area contributed by atoms with Crippen LogP contribution in [0.3, 0.4) is 0 Å². The van der Waals surface area contributed by atoms with Crippen molar-refractivity contribution in [3.05, 3.63) is 29.8 Å². The van der Waals surface area contributed by atoms with Crippen LogP contribution in [0, 0.1) is 0 Å². The topological polar surface area (TPSA) is 125 Å². The van der Waals surface area contributed by atoms with Crippen molar-refractivity contribution in [2.45, 2.75) is 6.42 Å². The first-order valence-electron chi connectivity index (χ1n) is 6.72. The van der Waals surface area contributed by atoms with E-state index in [4.69, 9.17) is 21.9 Å². The number of rotatable bonds is 10. The standard InChI is InChI=1S/C14H22N4O3/c15-6-5-11-1-3-12(4-2-11)21-8-7-18(9-13(16)19)10-14(17)20/h1-4H,5-10,15H2,(H2,16,19)(H2,17,20). The van der Waals surface area contributed by atoms with Crippen molar-refractivity contribution in [2.75, 3.05) is 32.8 Å². The number of ether oxygens (including phenoxy) is 1. The zero-order valence-corrected chi connectivity index (χ0v) is 12.0. The van der Waals surface area contributed by atoms with Crippen LogP contribution in [0.15, 0.2) is 24.3 Å². The number of benzene rings is 1. The van der Waals surface area contributed by atoms with Crippen molar-refractivity contribution in [1.29, 1.82) is 0 Å². The summed E-state index contributed by atoms with van der Waals surface area (Å²) in [7, 11) is 0. The second-order valence-electron chi connectivity index (χ2n) is 4.67. The molecule has 0 saturated heterocycles. The van der Waals surface area contributed by atoms with Crippen LogP contribution < -0.4 is 21.9 Å². The molecule has 2 amide bonds. The van der Waals surface area contributed by atoms with Crippen LogP contribution >= 0.6 is 0 Å². The molecule has 6 N–H and O–H groups in total. The highest BCUT2D eigenvalue weighted by atomic mass is 16.5. The van der Waals surface area contributed by atoms with Gasteiger partial charge < -0.3 is 21.9 Å². The summed E-state index contributed by atoms with van der Waals surface area (Å²) in [5.74, 6) is -0.307. The molecule has 1 rings (SSSR count). The lowest BCUT2D eigenvalue weighted by Crippen LogP contribution is -2.41. The molecule has 116 valence electrons. The van der Waals surface area contributed by atoms with Gasteiger partial charge in [-0.15, -0.1) is 0 Å². The summed E-state index contributed by atoms with van der Waals surface area (Å²) in [6.07, 6.45) is 0.825. The smallest absolute Gasteiger partial charge is 0.231 e. The molecule has 0 aliphatic heterocycles. The largest absolute Gasteiger partial charge is 0.492 e. The molecular formula is C14H22N4O3. The molecule has 0 aliphatic rings. The predicted octanol–water partition coefficient (Wildman–Crippen LogP) is -1.16. The van der Waals surface area contributed by atoms with Crippen LogP contribution in [0.5, 0.6) is 5.75 Å². The van der Waals surface area contributed by atoms with Gasteiger partial charge in [0.15, 0.2) is 0 Å². The molecule has 0 spiro atoms. The van der Waals surface area contributed by atoms with Crippen LogP contribution in [0.4, 0.5) is 0 Å². The molecule has 0 fully saturated rings. The van der Waals surface area contributed by atoms with Gasteiger partial charge in [-0.2, -0.15) is 0 Å². The quantitative estimate of drug-likeness (QED) is 0.502. The van der Waals surface area contributed by atoms with E-state index in [1.54, 1.807) is 4.90 Å². The van der Waals surface area contributed by atoms with Crippen LogP contribution in [0.25, 0.3) is 0 Å². The Kier molecular flexibility index (Phi) is 7.20. The molecular weight excluding hydrogens is 272 g/mol. The third kappa shape index (κ3) is 7.28. The van der Waals surface area contributed by atoms with Crippen molar-refractivity contribution in [1.82, 2.24) is 4.90 Å². The second kappa shape index (κ2) is 8.93. The normalized spacial score (nSPS) is 10.6. The summed E-state index contributed by atoms with van der Waals surface area (Å²) in [5, 5.41) is 0. The van der Waals surface area contributed by atoms with Gasteiger partial charge in [0.1, 0.15) is 12.4 Å². The number of nitrogens with two attached hydrogens (primary N) is 3. The number of carbonyl (C=O) groups excluding carboxylic acids is 2. The lowest BCUT2D eigenvalue weighted by Gasteiger charge is -2.19. The van der Waals surface area contributed by atoms with Gasteiger partial charge in [0, 0.05) is 6.54 Å². The number of hydrogen-bond acceptors (Lipinski definition) is 5. The summed E-state index contributed by atoms with van der Waals surface area (Å²) in [6.45, 7) is 1.27. The molecule has 1 aromatic carbocycles. The van der Waals surface area contributed by atoms with Crippen molar-refractivity contribution in [2.24, 2.45) is 17.2 Å². The van der Waals surface area contributed by atoms with Gasteiger partial charge in [-0.1, -0.05) is 12.1 Å². The molecule has 0 aromatic heterocycles. The summed E-state index contributed by atoms with van der Waals surface area (Å²) < 4.78 is 5.56. The third-order valence-electron chi connectivity index (χ3n) is 2.79. The SMILES string of the molecule is NCCc1ccc(OCCN(CC(N)=O)CC(N)=O)cc1. The Bertz CT molecular complexity index is 446. The highest BCUT2D eigenvalue weighted by Gasteiger charge is 2.11. The Hall–Kier alpha value is -2.12.